The van der Waals surface area contributed by atoms with Gasteiger partial charge in [0.1, 0.15) is 0 Å². The van der Waals surface area contributed by atoms with Crippen LogP contribution in [0.2, 0.25) is 5.02 Å². The van der Waals surface area contributed by atoms with E-state index in [-0.39, 0.29) is 17.2 Å². The molecule has 0 spiro atoms. The summed E-state index contributed by atoms with van der Waals surface area (Å²) in [6.07, 6.45) is 1.90. The maximum Gasteiger partial charge on any atom is 0.242 e. The van der Waals surface area contributed by atoms with E-state index in [0.29, 0.717) is 5.02 Å². The predicted octanol–water partition coefficient (Wildman–Crippen LogP) is 5.07. The molecule has 1 saturated heterocycles. The number of carbonyl (C=O) groups is 1. The fraction of sp³-hybridized carbons (Fsp3) is 0.238. The summed E-state index contributed by atoms with van der Waals surface area (Å²) in [5.74, 6) is 0.138. The van der Waals surface area contributed by atoms with Gasteiger partial charge in [-0.2, -0.15) is 0 Å². The Hall–Kier alpha value is -2.04. The lowest BCUT2D eigenvalue weighted by Crippen LogP contribution is -2.39. The number of aryl methyl sites for hydroxylation is 1. The zero-order valence-corrected chi connectivity index (χ0v) is 15.8. The van der Waals surface area contributed by atoms with Gasteiger partial charge < -0.3 is 0 Å². The number of aliphatic imine (C=N–C) groups is 1. The number of nitrogens with zero attached hydrogens (tertiary/aromatic N) is 2. The minimum absolute atomic E-state index is 0.0897. The van der Waals surface area contributed by atoms with Crippen molar-refractivity contribution in [3.63, 3.8) is 0 Å². The number of carbonyl (C=O) groups excluding carboxylic acids is 1. The van der Waals surface area contributed by atoms with Gasteiger partial charge in [0.05, 0.1) is 17.0 Å². The summed E-state index contributed by atoms with van der Waals surface area (Å²) >= 11 is 7.65. The molecule has 5 rings (SSSR count). The van der Waals surface area contributed by atoms with E-state index in [1.165, 1.54) is 16.7 Å². The van der Waals surface area contributed by atoms with Crippen LogP contribution in [0.3, 0.4) is 0 Å². The van der Waals surface area contributed by atoms with Crippen LogP contribution in [0.15, 0.2) is 59.1 Å². The number of amidine groups is 1. The summed E-state index contributed by atoms with van der Waals surface area (Å²) in [4.78, 5) is 19.7. The van der Waals surface area contributed by atoms with Crippen LogP contribution >= 0.6 is 23.4 Å². The first kappa shape index (κ1) is 16.2. The smallest absolute Gasteiger partial charge is 0.242 e. The van der Waals surface area contributed by atoms with Gasteiger partial charge in [-0.15, -0.1) is 0 Å². The summed E-state index contributed by atoms with van der Waals surface area (Å²) < 4.78 is 0. The third-order valence-corrected chi connectivity index (χ3v) is 6.60. The van der Waals surface area contributed by atoms with Crippen LogP contribution in [-0.2, 0) is 11.2 Å². The summed E-state index contributed by atoms with van der Waals surface area (Å²) in [6.45, 7) is 1.96. The molecule has 1 fully saturated rings. The monoisotopic (exact) mass is 380 g/mol. The molecule has 0 bridgehead atoms. The average Bonchev–Trinajstić information content (AvgIpc) is 2.94. The number of rotatable bonds is 1. The highest BCUT2D eigenvalue weighted by molar-refractivity contribution is 8.15. The van der Waals surface area contributed by atoms with Crippen molar-refractivity contribution in [2.75, 3.05) is 0 Å². The Balaban J connectivity index is 1.73. The average molecular weight is 381 g/mol. The first-order chi connectivity index (χ1) is 12.6. The molecule has 130 valence electrons. The lowest BCUT2D eigenvalue weighted by atomic mass is 9.82. The Morgan fingerprint density at radius 1 is 1.12 bits per heavy atom. The van der Waals surface area contributed by atoms with Gasteiger partial charge in [-0.25, -0.2) is 4.99 Å². The van der Waals surface area contributed by atoms with Gasteiger partial charge in [0, 0.05) is 10.6 Å². The third-order valence-electron chi connectivity index (χ3n) is 5.30. The van der Waals surface area contributed by atoms with E-state index < -0.39 is 0 Å². The molecule has 2 aromatic rings. The SMILES string of the molecule is C[C@H]1SC2=NC3=C(CCc4ccccc43)[C@H](c3ccc(Cl)cc3)N2C1=O. The number of amides is 1. The first-order valence-electron chi connectivity index (χ1n) is 8.78. The molecule has 26 heavy (non-hydrogen) atoms. The standard InChI is InChI=1S/C21H17ClN2OS/c1-12-20(25)24-19(14-6-9-15(22)10-7-14)17-11-8-13-4-2-3-5-16(13)18(17)23-21(24)26-12/h2-7,9-10,12,19H,8,11H2,1H3/t12-,19+/m1/s1. The van der Waals surface area contributed by atoms with Gasteiger partial charge in [-0.1, -0.05) is 59.8 Å². The predicted molar refractivity (Wildman–Crippen MR) is 107 cm³/mol. The molecule has 3 nitrogen and oxygen atoms in total. The Morgan fingerprint density at radius 2 is 1.88 bits per heavy atom. The maximum absolute atomic E-state index is 12.9. The fourth-order valence-electron chi connectivity index (χ4n) is 4.05. The first-order valence-corrected chi connectivity index (χ1v) is 10.0. The lowest BCUT2D eigenvalue weighted by Gasteiger charge is -2.37. The van der Waals surface area contributed by atoms with Crippen molar-refractivity contribution in [2.24, 2.45) is 4.99 Å². The molecule has 5 heteroatoms. The normalized spacial score (nSPS) is 24.2. The molecular formula is C21H17ClN2OS. The van der Waals surface area contributed by atoms with E-state index in [1.807, 2.05) is 36.1 Å². The number of halogens is 1. The number of fused-ring (bicyclic) bond motifs is 3. The van der Waals surface area contributed by atoms with Crippen molar-refractivity contribution in [2.45, 2.75) is 31.1 Å². The van der Waals surface area contributed by atoms with Crippen molar-refractivity contribution >= 4 is 40.1 Å². The summed E-state index contributed by atoms with van der Waals surface area (Å²) in [6, 6.07) is 16.2. The van der Waals surface area contributed by atoms with Crippen LogP contribution < -0.4 is 0 Å². The van der Waals surface area contributed by atoms with E-state index >= 15 is 0 Å². The van der Waals surface area contributed by atoms with Crippen LogP contribution in [-0.4, -0.2) is 21.2 Å². The van der Waals surface area contributed by atoms with E-state index in [9.17, 15) is 4.79 Å². The summed E-state index contributed by atoms with van der Waals surface area (Å²) in [7, 11) is 0. The largest absolute Gasteiger partial charge is 0.279 e. The molecule has 2 aromatic carbocycles. The number of hydrogen-bond acceptors (Lipinski definition) is 3. The molecule has 0 radical (unpaired) electrons. The highest BCUT2D eigenvalue weighted by atomic mass is 35.5. The summed E-state index contributed by atoms with van der Waals surface area (Å²) in [5.41, 5.74) is 5.91. The number of hydrogen-bond donors (Lipinski definition) is 0. The van der Waals surface area contributed by atoms with Gasteiger partial charge in [-0.05, 0) is 48.6 Å². The van der Waals surface area contributed by atoms with Gasteiger partial charge in [0.15, 0.2) is 5.17 Å². The second-order valence-electron chi connectivity index (χ2n) is 6.85. The molecule has 1 aliphatic carbocycles. The minimum Gasteiger partial charge on any atom is -0.279 e. The quantitative estimate of drug-likeness (QED) is 0.691. The molecule has 0 unspecified atom stereocenters. The molecule has 2 heterocycles. The van der Waals surface area contributed by atoms with Crippen LogP contribution in [0.1, 0.15) is 36.1 Å². The van der Waals surface area contributed by atoms with Crippen molar-refractivity contribution in [3.05, 3.63) is 75.8 Å². The van der Waals surface area contributed by atoms with Gasteiger partial charge in [-0.3, -0.25) is 9.69 Å². The number of thioether (sulfide) groups is 1. The second-order valence-corrected chi connectivity index (χ2v) is 8.59. The van der Waals surface area contributed by atoms with Crippen LogP contribution in [0, 0.1) is 0 Å². The Labute approximate surface area is 161 Å². The topological polar surface area (TPSA) is 32.7 Å². The Bertz CT molecular complexity index is 980. The highest BCUT2D eigenvalue weighted by Gasteiger charge is 2.45. The third kappa shape index (κ3) is 2.36. The minimum atomic E-state index is -0.0971. The maximum atomic E-state index is 12.9. The molecule has 0 N–H and O–H groups in total. The van der Waals surface area contributed by atoms with Crippen molar-refractivity contribution in [1.29, 1.82) is 0 Å². The molecule has 2 atom stereocenters. The van der Waals surface area contributed by atoms with E-state index in [4.69, 9.17) is 16.6 Å². The van der Waals surface area contributed by atoms with Crippen molar-refractivity contribution in [1.82, 2.24) is 4.90 Å². The van der Waals surface area contributed by atoms with Crippen LogP contribution in [0.25, 0.3) is 5.70 Å². The molecule has 3 aliphatic rings. The van der Waals surface area contributed by atoms with Crippen molar-refractivity contribution < 1.29 is 4.79 Å². The Morgan fingerprint density at radius 3 is 2.69 bits per heavy atom. The van der Waals surface area contributed by atoms with E-state index in [1.54, 1.807) is 11.8 Å². The van der Waals surface area contributed by atoms with Crippen molar-refractivity contribution in [3.8, 4) is 0 Å². The zero-order valence-electron chi connectivity index (χ0n) is 14.3. The van der Waals surface area contributed by atoms with Crippen LogP contribution in [0.5, 0.6) is 0 Å². The van der Waals surface area contributed by atoms with E-state index in [2.05, 4.69) is 24.3 Å². The lowest BCUT2D eigenvalue weighted by molar-refractivity contribution is -0.127. The molecule has 2 aliphatic heterocycles. The van der Waals surface area contributed by atoms with E-state index in [0.717, 1.165) is 29.3 Å². The summed E-state index contributed by atoms with van der Waals surface area (Å²) in [5, 5.41) is 1.43. The van der Waals surface area contributed by atoms with Crippen LogP contribution in [0.4, 0.5) is 0 Å². The molecule has 0 aromatic heterocycles. The number of benzene rings is 2. The Kier molecular flexibility index (Phi) is 3.73. The molecular weight excluding hydrogens is 364 g/mol. The fourth-order valence-corrected chi connectivity index (χ4v) is 5.16. The van der Waals surface area contributed by atoms with Gasteiger partial charge in [0.25, 0.3) is 0 Å². The highest BCUT2D eigenvalue weighted by Crippen LogP contribution is 2.48. The molecule has 1 amide bonds. The zero-order chi connectivity index (χ0) is 17.8. The second kappa shape index (κ2) is 6.00. The van der Waals surface area contributed by atoms with Gasteiger partial charge in [0.2, 0.25) is 5.91 Å². The van der Waals surface area contributed by atoms with Gasteiger partial charge >= 0.3 is 0 Å². The molecule has 0 saturated carbocycles.